The molecule has 0 spiro atoms. The third-order valence-electron chi connectivity index (χ3n) is 1.96. The zero-order valence-corrected chi connectivity index (χ0v) is 7.22. The van der Waals surface area contributed by atoms with Gasteiger partial charge in [0.1, 0.15) is 0 Å². The molecule has 0 fully saturated rings. The van der Waals surface area contributed by atoms with Crippen LogP contribution in [0.5, 0.6) is 0 Å². The van der Waals surface area contributed by atoms with Gasteiger partial charge in [-0.1, -0.05) is 0 Å². The lowest BCUT2D eigenvalue weighted by molar-refractivity contribution is 0.101. The third kappa shape index (κ3) is 1.34. The van der Waals surface area contributed by atoms with Gasteiger partial charge in [0, 0.05) is 24.0 Å². The maximum absolute atomic E-state index is 11.0. The Bertz CT molecular complexity index is 273. The number of nitrogens with zero attached hydrogens (tertiary/aromatic N) is 1. The van der Waals surface area contributed by atoms with Crippen LogP contribution >= 0.6 is 0 Å². The highest BCUT2D eigenvalue weighted by molar-refractivity contribution is 5.95. The number of rotatable bonds is 2. The Morgan fingerprint density at radius 1 is 1.64 bits per heavy atom. The van der Waals surface area contributed by atoms with Crippen LogP contribution in [0.3, 0.4) is 0 Å². The Balaban J connectivity index is 3.10. The van der Waals surface area contributed by atoms with Gasteiger partial charge >= 0.3 is 0 Å². The molecule has 0 atom stereocenters. The van der Waals surface area contributed by atoms with Crippen LogP contribution in [-0.4, -0.2) is 10.4 Å². The lowest BCUT2D eigenvalue weighted by Crippen LogP contribution is -1.98. The van der Waals surface area contributed by atoms with E-state index in [0.29, 0.717) is 0 Å². The Morgan fingerprint density at radius 3 is 2.55 bits per heavy atom. The molecule has 0 radical (unpaired) electrons. The minimum atomic E-state index is 0.148. The normalized spacial score (nSPS) is 10.1. The lowest BCUT2D eigenvalue weighted by atomic mass is 10.2. The molecule has 0 amide bonds. The Kier molecular flexibility index (Phi) is 2.13. The summed E-state index contributed by atoms with van der Waals surface area (Å²) < 4.78 is 2.07. The molecule has 1 heterocycles. The van der Waals surface area contributed by atoms with E-state index < -0.39 is 0 Å². The molecular formula is C9H13NO. The minimum absolute atomic E-state index is 0.148. The average molecular weight is 151 g/mol. The van der Waals surface area contributed by atoms with Crippen molar-refractivity contribution in [3.05, 3.63) is 23.5 Å². The van der Waals surface area contributed by atoms with Gasteiger partial charge in [-0.15, -0.1) is 0 Å². The van der Waals surface area contributed by atoms with Gasteiger partial charge in [0.05, 0.1) is 0 Å². The molecule has 0 saturated carbocycles. The Labute approximate surface area is 66.8 Å². The van der Waals surface area contributed by atoms with E-state index in [1.807, 2.05) is 19.2 Å². The van der Waals surface area contributed by atoms with Crippen LogP contribution in [0.4, 0.5) is 0 Å². The molecule has 0 N–H and O–H groups in total. The van der Waals surface area contributed by atoms with Gasteiger partial charge in [-0.25, -0.2) is 0 Å². The van der Waals surface area contributed by atoms with Crippen molar-refractivity contribution in [2.45, 2.75) is 27.3 Å². The molecule has 1 aromatic heterocycles. The summed E-state index contributed by atoms with van der Waals surface area (Å²) >= 11 is 0. The second-order valence-corrected chi connectivity index (χ2v) is 2.66. The zero-order valence-electron chi connectivity index (χ0n) is 7.22. The largest absolute Gasteiger partial charge is 0.351 e. The first-order valence-electron chi connectivity index (χ1n) is 3.83. The van der Waals surface area contributed by atoms with Gasteiger partial charge in [0.15, 0.2) is 5.78 Å². The summed E-state index contributed by atoms with van der Waals surface area (Å²) in [5, 5.41) is 0. The Morgan fingerprint density at radius 2 is 2.27 bits per heavy atom. The third-order valence-corrected chi connectivity index (χ3v) is 1.96. The SMILES string of the molecule is CCn1ccc(C(C)=O)c1C. The smallest absolute Gasteiger partial charge is 0.161 e. The highest BCUT2D eigenvalue weighted by Gasteiger charge is 2.06. The number of aryl methyl sites for hydroxylation is 1. The molecule has 0 unspecified atom stereocenters. The minimum Gasteiger partial charge on any atom is -0.351 e. The van der Waals surface area contributed by atoms with Crippen molar-refractivity contribution < 1.29 is 4.79 Å². The molecule has 0 aromatic carbocycles. The highest BCUT2D eigenvalue weighted by Crippen LogP contribution is 2.09. The monoisotopic (exact) mass is 151 g/mol. The molecule has 2 nitrogen and oxygen atoms in total. The molecule has 0 saturated heterocycles. The van der Waals surface area contributed by atoms with Crippen molar-refractivity contribution in [1.82, 2.24) is 4.57 Å². The summed E-state index contributed by atoms with van der Waals surface area (Å²) in [6.45, 7) is 6.57. The van der Waals surface area contributed by atoms with Gasteiger partial charge in [0.2, 0.25) is 0 Å². The number of carbonyl (C=O) groups excluding carboxylic acids is 1. The summed E-state index contributed by atoms with van der Waals surface area (Å²) in [6, 6.07) is 1.88. The average Bonchev–Trinajstić information content (AvgIpc) is 2.30. The second-order valence-electron chi connectivity index (χ2n) is 2.66. The number of aromatic nitrogens is 1. The van der Waals surface area contributed by atoms with Crippen LogP contribution in [0.2, 0.25) is 0 Å². The zero-order chi connectivity index (χ0) is 8.43. The van der Waals surface area contributed by atoms with Gasteiger partial charge in [-0.2, -0.15) is 0 Å². The number of hydrogen-bond donors (Lipinski definition) is 0. The van der Waals surface area contributed by atoms with Gasteiger partial charge in [-0.05, 0) is 26.8 Å². The van der Waals surface area contributed by atoms with Crippen LogP contribution in [0, 0.1) is 6.92 Å². The quantitative estimate of drug-likeness (QED) is 0.593. The molecule has 1 aromatic rings. The molecule has 0 aliphatic carbocycles. The van der Waals surface area contributed by atoms with Crippen LogP contribution in [-0.2, 0) is 6.54 Å². The topological polar surface area (TPSA) is 22.0 Å². The van der Waals surface area contributed by atoms with Gasteiger partial charge in [-0.3, -0.25) is 4.79 Å². The Hall–Kier alpha value is -1.05. The summed E-state index contributed by atoms with van der Waals surface area (Å²) in [4.78, 5) is 11.0. The molecule has 11 heavy (non-hydrogen) atoms. The van der Waals surface area contributed by atoms with Crippen molar-refractivity contribution in [1.29, 1.82) is 0 Å². The predicted molar refractivity (Wildman–Crippen MR) is 44.8 cm³/mol. The number of hydrogen-bond acceptors (Lipinski definition) is 1. The van der Waals surface area contributed by atoms with E-state index in [-0.39, 0.29) is 5.78 Å². The van der Waals surface area contributed by atoms with Gasteiger partial charge < -0.3 is 4.57 Å². The molecule has 1 rings (SSSR count). The van der Waals surface area contributed by atoms with E-state index in [9.17, 15) is 4.79 Å². The van der Waals surface area contributed by atoms with Crippen molar-refractivity contribution in [2.75, 3.05) is 0 Å². The van der Waals surface area contributed by atoms with E-state index in [1.165, 1.54) is 0 Å². The van der Waals surface area contributed by atoms with Gasteiger partial charge in [0.25, 0.3) is 0 Å². The number of Topliss-reactive ketones (excluding diaryl/α,β-unsaturated/α-hetero) is 1. The second kappa shape index (κ2) is 2.91. The standard InChI is InChI=1S/C9H13NO/c1-4-10-6-5-9(7(10)2)8(3)11/h5-6H,4H2,1-3H3. The van der Waals surface area contributed by atoms with Crippen molar-refractivity contribution in [3.63, 3.8) is 0 Å². The fourth-order valence-electron chi connectivity index (χ4n) is 1.27. The van der Waals surface area contributed by atoms with Crippen molar-refractivity contribution >= 4 is 5.78 Å². The first-order chi connectivity index (χ1) is 5.16. The molecule has 0 bridgehead atoms. The molecule has 0 aliphatic heterocycles. The van der Waals surface area contributed by atoms with E-state index in [2.05, 4.69) is 11.5 Å². The molecule has 2 heteroatoms. The lowest BCUT2D eigenvalue weighted by Gasteiger charge is -2.00. The number of ketones is 1. The fourth-order valence-corrected chi connectivity index (χ4v) is 1.27. The highest BCUT2D eigenvalue weighted by atomic mass is 16.1. The van der Waals surface area contributed by atoms with E-state index in [0.717, 1.165) is 17.8 Å². The molecule has 0 aliphatic rings. The number of carbonyl (C=O) groups is 1. The van der Waals surface area contributed by atoms with E-state index in [4.69, 9.17) is 0 Å². The first-order valence-corrected chi connectivity index (χ1v) is 3.83. The maximum Gasteiger partial charge on any atom is 0.161 e. The predicted octanol–water partition coefficient (Wildman–Crippen LogP) is 2.02. The molecular weight excluding hydrogens is 138 g/mol. The summed E-state index contributed by atoms with van der Waals surface area (Å²) in [7, 11) is 0. The van der Waals surface area contributed by atoms with Crippen LogP contribution in [0.25, 0.3) is 0 Å². The first kappa shape index (κ1) is 8.05. The fraction of sp³-hybridized carbons (Fsp3) is 0.444. The maximum atomic E-state index is 11.0. The summed E-state index contributed by atoms with van der Waals surface area (Å²) in [6.07, 6.45) is 1.95. The van der Waals surface area contributed by atoms with Crippen molar-refractivity contribution in [3.8, 4) is 0 Å². The summed E-state index contributed by atoms with van der Waals surface area (Å²) in [5.74, 6) is 0.148. The van der Waals surface area contributed by atoms with Crippen LogP contribution in [0.1, 0.15) is 29.9 Å². The summed E-state index contributed by atoms with van der Waals surface area (Å²) in [5.41, 5.74) is 1.91. The van der Waals surface area contributed by atoms with E-state index in [1.54, 1.807) is 6.92 Å². The van der Waals surface area contributed by atoms with Crippen LogP contribution in [0.15, 0.2) is 12.3 Å². The van der Waals surface area contributed by atoms with E-state index >= 15 is 0 Å². The molecule has 60 valence electrons. The van der Waals surface area contributed by atoms with Crippen LogP contribution < -0.4 is 0 Å². The van der Waals surface area contributed by atoms with Crippen molar-refractivity contribution in [2.24, 2.45) is 0 Å².